The Bertz CT molecular complexity index is 947. The highest BCUT2D eigenvalue weighted by Crippen LogP contribution is 2.36. The van der Waals surface area contributed by atoms with Gasteiger partial charge < -0.3 is 20.2 Å². The van der Waals surface area contributed by atoms with Crippen molar-refractivity contribution < 1.29 is 23.9 Å². The molecule has 2 aliphatic heterocycles. The van der Waals surface area contributed by atoms with Crippen LogP contribution in [0.15, 0.2) is 42.9 Å². The molecule has 10 heteroatoms. The maximum absolute atomic E-state index is 14.3. The first-order valence-electron chi connectivity index (χ1n) is 10.9. The van der Waals surface area contributed by atoms with E-state index in [2.05, 4.69) is 20.2 Å². The van der Waals surface area contributed by atoms with Crippen LogP contribution < -0.4 is 5.32 Å². The lowest BCUT2D eigenvalue weighted by Gasteiger charge is -2.48. The summed E-state index contributed by atoms with van der Waals surface area (Å²) in [5.41, 5.74) is -0.115. The second-order valence-electron chi connectivity index (χ2n) is 8.21. The SMILES string of the molecule is O=C(c1cnccn1)N1CC(Cc2ccccc2F)(C(=O)NCCN2CCCC2)C1.O=CO. The Balaban J connectivity index is 0.000000968. The van der Waals surface area contributed by atoms with Gasteiger partial charge in [0.2, 0.25) is 5.91 Å². The topological polar surface area (TPSA) is 116 Å². The smallest absolute Gasteiger partial charge is 0.290 e. The number of aromatic nitrogens is 2. The van der Waals surface area contributed by atoms with Gasteiger partial charge in [0.15, 0.2) is 0 Å². The summed E-state index contributed by atoms with van der Waals surface area (Å²) in [4.78, 5) is 46.0. The van der Waals surface area contributed by atoms with Crippen LogP contribution in [0.4, 0.5) is 4.39 Å². The Morgan fingerprint density at radius 2 is 1.88 bits per heavy atom. The van der Waals surface area contributed by atoms with Gasteiger partial charge in [-0.2, -0.15) is 0 Å². The lowest BCUT2D eigenvalue weighted by Crippen LogP contribution is -2.66. The fourth-order valence-electron chi connectivity index (χ4n) is 4.26. The number of carbonyl (C=O) groups is 3. The zero-order valence-electron chi connectivity index (χ0n) is 18.3. The standard InChI is InChI=1S/C22H26FN5O2.CH2O2/c23-18-6-2-1-5-17(18)13-22(21(30)26-9-12-27-10-3-4-11-27)15-28(16-22)20(29)19-14-24-7-8-25-19;2-1-3/h1-2,5-8,14H,3-4,9-13,15-16H2,(H,26,30);1H,(H,2,3). The summed E-state index contributed by atoms with van der Waals surface area (Å²) in [6.07, 6.45) is 7.03. The summed E-state index contributed by atoms with van der Waals surface area (Å²) in [6.45, 7) is 3.70. The average molecular weight is 458 g/mol. The molecule has 4 rings (SSSR count). The molecule has 2 amide bonds. The van der Waals surface area contributed by atoms with E-state index in [1.165, 1.54) is 37.5 Å². The first-order chi connectivity index (χ1) is 16.0. The van der Waals surface area contributed by atoms with Gasteiger partial charge >= 0.3 is 0 Å². The largest absolute Gasteiger partial charge is 0.483 e. The van der Waals surface area contributed by atoms with Gasteiger partial charge in [-0.05, 0) is 44.0 Å². The van der Waals surface area contributed by atoms with E-state index in [0.29, 0.717) is 12.1 Å². The minimum Gasteiger partial charge on any atom is -0.483 e. The second-order valence-corrected chi connectivity index (χ2v) is 8.21. The number of nitrogens with one attached hydrogen (secondary N) is 1. The molecule has 9 nitrogen and oxygen atoms in total. The van der Waals surface area contributed by atoms with Crippen molar-refractivity contribution in [3.05, 3.63) is 59.9 Å². The molecule has 0 aliphatic carbocycles. The molecule has 2 N–H and O–H groups in total. The summed E-state index contributed by atoms with van der Waals surface area (Å²) >= 11 is 0. The lowest BCUT2D eigenvalue weighted by molar-refractivity contribution is -0.139. The van der Waals surface area contributed by atoms with Gasteiger partial charge in [0.25, 0.3) is 12.4 Å². The van der Waals surface area contributed by atoms with Crippen LogP contribution in [-0.2, 0) is 16.0 Å². The zero-order valence-corrected chi connectivity index (χ0v) is 18.3. The quantitative estimate of drug-likeness (QED) is 0.601. The van der Waals surface area contributed by atoms with Crippen LogP contribution in [0.1, 0.15) is 28.9 Å². The predicted molar refractivity (Wildman–Crippen MR) is 118 cm³/mol. The molecule has 2 fully saturated rings. The third-order valence-electron chi connectivity index (χ3n) is 5.94. The maximum atomic E-state index is 14.3. The molecule has 2 aliphatic rings. The summed E-state index contributed by atoms with van der Waals surface area (Å²) in [7, 11) is 0. The molecule has 33 heavy (non-hydrogen) atoms. The van der Waals surface area contributed by atoms with E-state index in [1.54, 1.807) is 23.1 Å². The predicted octanol–water partition coefficient (Wildman–Crippen LogP) is 1.21. The molecule has 2 saturated heterocycles. The van der Waals surface area contributed by atoms with E-state index in [0.717, 1.165) is 19.6 Å². The number of rotatable bonds is 7. The molecule has 0 radical (unpaired) electrons. The van der Waals surface area contributed by atoms with E-state index >= 15 is 0 Å². The van der Waals surface area contributed by atoms with Crippen molar-refractivity contribution in [2.75, 3.05) is 39.3 Å². The number of carboxylic acid groups (broad SMARTS) is 1. The molecule has 0 unspecified atom stereocenters. The van der Waals surface area contributed by atoms with Crippen LogP contribution in [0.3, 0.4) is 0 Å². The molecule has 1 aromatic carbocycles. The Morgan fingerprint density at radius 1 is 1.18 bits per heavy atom. The lowest BCUT2D eigenvalue weighted by atomic mass is 9.73. The molecule has 0 bridgehead atoms. The van der Waals surface area contributed by atoms with Gasteiger partial charge in [-0.3, -0.25) is 19.4 Å². The molecule has 1 aromatic heterocycles. The van der Waals surface area contributed by atoms with Crippen molar-refractivity contribution in [3.8, 4) is 0 Å². The third-order valence-corrected chi connectivity index (χ3v) is 5.94. The number of benzene rings is 1. The van der Waals surface area contributed by atoms with Crippen LogP contribution in [0.5, 0.6) is 0 Å². The maximum Gasteiger partial charge on any atom is 0.290 e. The Morgan fingerprint density at radius 3 is 2.52 bits per heavy atom. The molecular formula is C23H28FN5O4. The average Bonchev–Trinajstić information content (AvgIpc) is 3.31. The highest BCUT2D eigenvalue weighted by molar-refractivity contribution is 5.95. The molecule has 0 spiro atoms. The fourth-order valence-corrected chi connectivity index (χ4v) is 4.26. The van der Waals surface area contributed by atoms with E-state index in [-0.39, 0.29) is 49.3 Å². The van der Waals surface area contributed by atoms with Gasteiger partial charge in [0.05, 0.1) is 11.6 Å². The second kappa shape index (κ2) is 11.5. The van der Waals surface area contributed by atoms with Crippen molar-refractivity contribution in [3.63, 3.8) is 0 Å². The molecule has 3 heterocycles. The molecular weight excluding hydrogens is 429 g/mol. The Hall–Kier alpha value is -3.40. The molecule has 2 aromatic rings. The van der Waals surface area contributed by atoms with Gasteiger partial charge in [-0.25, -0.2) is 9.37 Å². The van der Waals surface area contributed by atoms with Gasteiger partial charge in [-0.1, -0.05) is 18.2 Å². The zero-order chi connectivity index (χ0) is 23.7. The number of carbonyl (C=O) groups excluding carboxylic acids is 2. The molecule has 0 atom stereocenters. The van der Waals surface area contributed by atoms with Crippen molar-refractivity contribution in [2.24, 2.45) is 5.41 Å². The number of hydrogen-bond acceptors (Lipinski definition) is 6. The normalized spacial score (nSPS) is 16.8. The van der Waals surface area contributed by atoms with Gasteiger partial charge in [-0.15, -0.1) is 0 Å². The van der Waals surface area contributed by atoms with Crippen LogP contribution in [0, 0.1) is 11.2 Å². The number of halogens is 1. The van der Waals surface area contributed by atoms with Crippen LogP contribution >= 0.6 is 0 Å². The van der Waals surface area contributed by atoms with E-state index in [1.807, 2.05) is 0 Å². The molecule has 176 valence electrons. The van der Waals surface area contributed by atoms with Crippen LogP contribution in [0.2, 0.25) is 0 Å². The first-order valence-corrected chi connectivity index (χ1v) is 10.9. The highest BCUT2D eigenvalue weighted by Gasteiger charge is 2.51. The van der Waals surface area contributed by atoms with Crippen molar-refractivity contribution in [1.82, 2.24) is 25.1 Å². The van der Waals surface area contributed by atoms with E-state index in [4.69, 9.17) is 9.90 Å². The van der Waals surface area contributed by atoms with E-state index in [9.17, 15) is 14.0 Å². The first kappa shape index (κ1) is 24.2. The minimum absolute atomic E-state index is 0.131. The highest BCUT2D eigenvalue weighted by atomic mass is 19.1. The monoisotopic (exact) mass is 457 g/mol. The number of likely N-dealkylation sites (tertiary alicyclic amines) is 2. The number of nitrogens with zero attached hydrogens (tertiary/aromatic N) is 4. The summed E-state index contributed by atoms with van der Waals surface area (Å²) in [6, 6.07) is 6.49. The molecule has 0 saturated carbocycles. The van der Waals surface area contributed by atoms with Crippen molar-refractivity contribution in [2.45, 2.75) is 19.3 Å². The van der Waals surface area contributed by atoms with Crippen molar-refractivity contribution in [1.29, 1.82) is 0 Å². The Kier molecular flexibility index (Phi) is 8.42. The number of amides is 2. The van der Waals surface area contributed by atoms with Crippen molar-refractivity contribution >= 4 is 18.3 Å². The summed E-state index contributed by atoms with van der Waals surface area (Å²) in [5, 5.41) is 9.91. The third kappa shape index (κ3) is 6.10. The Labute approximate surface area is 191 Å². The summed E-state index contributed by atoms with van der Waals surface area (Å²) in [5.74, 6) is -0.731. The van der Waals surface area contributed by atoms with Crippen LogP contribution in [0.25, 0.3) is 0 Å². The summed E-state index contributed by atoms with van der Waals surface area (Å²) < 4.78 is 14.3. The van der Waals surface area contributed by atoms with E-state index < -0.39 is 5.41 Å². The minimum atomic E-state index is -0.842. The van der Waals surface area contributed by atoms with Crippen LogP contribution in [-0.4, -0.2) is 82.4 Å². The van der Waals surface area contributed by atoms with Gasteiger partial charge in [0, 0.05) is 38.6 Å². The fraction of sp³-hybridized carbons (Fsp3) is 0.435. The van der Waals surface area contributed by atoms with Gasteiger partial charge in [0.1, 0.15) is 11.5 Å². The number of hydrogen-bond donors (Lipinski definition) is 2.